The quantitative estimate of drug-likeness (QED) is 0.675. The number of nitrogens with zero attached hydrogens (tertiary/aromatic N) is 1. The summed E-state index contributed by atoms with van der Waals surface area (Å²) in [6.07, 6.45) is 2.70. The molecule has 8 heteroatoms. The van der Waals surface area contributed by atoms with Crippen LogP contribution in [0.1, 0.15) is 46.9 Å². The van der Waals surface area contributed by atoms with Gasteiger partial charge >= 0.3 is 0 Å². The van der Waals surface area contributed by atoms with E-state index in [0.29, 0.717) is 28.8 Å². The summed E-state index contributed by atoms with van der Waals surface area (Å²) in [6.45, 7) is 2.41. The number of nitrogens with one attached hydrogen (secondary N) is 1. The standard InChI is InChI=1S/C20H21BrN2O4S/c1-14(24)16-7-3-4-8-19(16)22-20(25)17-13-15(9-10-18(17)21)28(26,27)23-11-5-2-6-12-23/h3-4,7-10,13H,2,5-6,11-12H2,1H3,(H,22,25). The first kappa shape index (κ1) is 20.7. The Hall–Kier alpha value is -2.03. The first-order valence-electron chi connectivity index (χ1n) is 9.02. The van der Waals surface area contributed by atoms with Crippen LogP contribution in [0.4, 0.5) is 5.69 Å². The molecule has 1 amide bonds. The van der Waals surface area contributed by atoms with Crippen molar-refractivity contribution < 1.29 is 18.0 Å². The molecule has 1 N–H and O–H groups in total. The maximum Gasteiger partial charge on any atom is 0.256 e. The minimum absolute atomic E-state index is 0.0857. The van der Waals surface area contributed by atoms with Gasteiger partial charge in [0.1, 0.15) is 0 Å². The van der Waals surface area contributed by atoms with Crippen LogP contribution in [-0.2, 0) is 10.0 Å². The summed E-state index contributed by atoms with van der Waals surface area (Å²) in [5.74, 6) is -0.660. The zero-order chi connectivity index (χ0) is 20.3. The molecule has 1 saturated heterocycles. The number of hydrogen-bond acceptors (Lipinski definition) is 4. The monoisotopic (exact) mass is 464 g/mol. The minimum atomic E-state index is -3.65. The van der Waals surface area contributed by atoms with E-state index < -0.39 is 15.9 Å². The molecule has 0 radical (unpaired) electrons. The highest BCUT2D eigenvalue weighted by atomic mass is 79.9. The Morgan fingerprint density at radius 1 is 1.00 bits per heavy atom. The van der Waals surface area contributed by atoms with Gasteiger partial charge in [-0.3, -0.25) is 9.59 Å². The van der Waals surface area contributed by atoms with Gasteiger partial charge in [-0.05, 0) is 66.0 Å². The lowest BCUT2D eigenvalue weighted by Gasteiger charge is -2.26. The van der Waals surface area contributed by atoms with E-state index in [1.165, 1.54) is 23.4 Å². The summed E-state index contributed by atoms with van der Waals surface area (Å²) in [7, 11) is -3.65. The first-order valence-corrected chi connectivity index (χ1v) is 11.2. The number of carbonyl (C=O) groups is 2. The number of benzene rings is 2. The van der Waals surface area contributed by atoms with E-state index in [2.05, 4.69) is 21.2 Å². The maximum absolute atomic E-state index is 12.9. The van der Waals surface area contributed by atoms with E-state index in [-0.39, 0.29) is 16.2 Å². The number of Topliss-reactive ketones (excluding diaryl/α,β-unsaturated/α-hetero) is 1. The molecule has 0 aromatic heterocycles. The second-order valence-corrected chi connectivity index (χ2v) is 9.45. The van der Waals surface area contributed by atoms with Crippen molar-refractivity contribution in [3.8, 4) is 0 Å². The number of halogens is 1. The van der Waals surface area contributed by atoms with Crippen molar-refractivity contribution in [2.45, 2.75) is 31.1 Å². The topological polar surface area (TPSA) is 83.5 Å². The van der Waals surface area contributed by atoms with Crippen LogP contribution in [-0.4, -0.2) is 37.5 Å². The second kappa shape index (κ2) is 8.55. The van der Waals surface area contributed by atoms with Crippen LogP contribution in [0.2, 0.25) is 0 Å². The molecule has 0 unspecified atom stereocenters. The largest absolute Gasteiger partial charge is 0.321 e. The van der Waals surface area contributed by atoms with E-state index in [1.54, 1.807) is 30.3 Å². The van der Waals surface area contributed by atoms with Gasteiger partial charge in [0.15, 0.2) is 5.78 Å². The number of sulfonamides is 1. The van der Waals surface area contributed by atoms with E-state index in [9.17, 15) is 18.0 Å². The summed E-state index contributed by atoms with van der Waals surface area (Å²) in [5.41, 5.74) is 0.969. The Kier molecular flexibility index (Phi) is 6.32. The van der Waals surface area contributed by atoms with Gasteiger partial charge in [-0.25, -0.2) is 8.42 Å². The smallest absolute Gasteiger partial charge is 0.256 e. The number of piperidine rings is 1. The van der Waals surface area contributed by atoms with Crippen molar-refractivity contribution in [3.63, 3.8) is 0 Å². The highest BCUT2D eigenvalue weighted by Gasteiger charge is 2.27. The molecular formula is C20H21BrN2O4S. The average molecular weight is 465 g/mol. The molecule has 1 aliphatic heterocycles. The lowest BCUT2D eigenvalue weighted by Crippen LogP contribution is -2.35. The van der Waals surface area contributed by atoms with Crippen LogP contribution in [0.5, 0.6) is 0 Å². The summed E-state index contributed by atoms with van der Waals surface area (Å²) in [5, 5.41) is 2.71. The van der Waals surface area contributed by atoms with Crippen LogP contribution < -0.4 is 5.32 Å². The molecule has 148 valence electrons. The first-order chi connectivity index (χ1) is 13.3. The van der Waals surface area contributed by atoms with Gasteiger partial charge in [0, 0.05) is 23.1 Å². The van der Waals surface area contributed by atoms with Crippen LogP contribution >= 0.6 is 15.9 Å². The Bertz CT molecular complexity index is 1010. The highest BCUT2D eigenvalue weighted by molar-refractivity contribution is 9.10. The van der Waals surface area contributed by atoms with E-state index in [1.807, 2.05) is 0 Å². The van der Waals surface area contributed by atoms with Crippen molar-refractivity contribution in [1.29, 1.82) is 0 Å². The molecule has 0 spiro atoms. The molecule has 28 heavy (non-hydrogen) atoms. The number of hydrogen-bond donors (Lipinski definition) is 1. The average Bonchev–Trinajstić information content (AvgIpc) is 2.69. The van der Waals surface area contributed by atoms with Crippen LogP contribution in [0, 0.1) is 0 Å². The molecule has 6 nitrogen and oxygen atoms in total. The van der Waals surface area contributed by atoms with E-state index in [4.69, 9.17) is 0 Å². The van der Waals surface area contributed by atoms with Crippen molar-refractivity contribution in [2.24, 2.45) is 0 Å². The number of anilines is 1. The Morgan fingerprint density at radius 2 is 1.68 bits per heavy atom. The van der Waals surface area contributed by atoms with Crippen LogP contribution in [0.25, 0.3) is 0 Å². The van der Waals surface area contributed by atoms with Gasteiger partial charge in [-0.2, -0.15) is 4.31 Å². The lowest BCUT2D eigenvalue weighted by molar-refractivity contribution is 0.101. The normalized spacial score (nSPS) is 15.2. The molecule has 1 heterocycles. The number of amides is 1. The minimum Gasteiger partial charge on any atom is -0.321 e. The van der Waals surface area contributed by atoms with Crippen molar-refractivity contribution in [3.05, 3.63) is 58.1 Å². The molecule has 2 aromatic carbocycles. The SMILES string of the molecule is CC(=O)c1ccccc1NC(=O)c1cc(S(=O)(=O)N2CCCCC2)ccc1Br. The number of rotatable bonds is 5. The number of para-hydroxylation sites is 1. The van der Waals surface area contributed by atoms with Gasteiger partial charge in [0.05, 0.1) is 16.1 Å². The van der Waals surface area contributed by atoms with Crippen molar-refractivity contribution >= 4 is 43.3 Å². The molecule has 0 saturated carbocycles. The fourth-order valence-corrected chi connectivity index (χ4v) is 5.15. The summed E-state index contributed by atoms with van der Waals surface area (Å²) < 4.78 is 27.8. The molecule has 0 bridgehead atoms. The summed E-state index contributed by atoms with van der Waals surface area (Å²) >= 11 is 3.32. The molecule has 1 fully saturated rings. The predicted octanol–water partition coefficient (Wildman–Crippen LogP) is 4.08. The second-order valence-electron chi connectivity index (χ2n) is 6.66. The number of ketones is 1. The van der Waals surface area contributed by atoms with Crippen molar-refractivity contribution in [1.82, 2.24) is 4.31 Å². The third kappa shape index (κ3) is 4.34. The van der Waals surface area contributed by atoms with Crippen molar-refractivity contribution in [2.75, 3.05) is 18.4 Å². The summed E-state index contributed by atoms with van der Waals surface area (Å²) in [4.78, 5) is 24.7. The molecule has 2 aromatic rings. The van der Waals surface area contributed by atoms with E-state index in [0.717, 1.165) is 19.3 Å². The molecule has 0 atom stereocenters. The Labute approximate surface area is 173 Å². The predicted molar refractivity (Wildman–Crippen MR) is 111 cm³/mol. The molecule has 1 aliphatic rings. The van der Waals surface area contributed by atoms with Crippen LogP contribution in [0.3, 0.4) is 0 Å². The maximum atomic E-state index is 12.9. The highest BCUT2D eigenvalue weighted by Crippen LogP contribution is 2.26. The Morgan fingerprint density at radius 3 is 2.36 bits per heavy atom. The van der Waals surface area contributed by atoms with Gasteiger partial charge < -0.3 is 5.32 Å². The van der Waals surface area contributed by atoms with Crippen LogP contribution in [0.15, 0.2) is 51.8 Å². The van der Waals surface area contributed by atoms with E-state index >= 15 is 0 Å². The third-order valence-electron chi connectivity index (χ3n) is 4.69. The fraction of sp³-hybridized carbons (Fsp3) is 0.300. The zero-order valence-electron chi connectivity index (χ0n) is 15.4. The summed E-state index contributed by atoms with van der Waals surface area (Å²) in [6, 6.07) is 11.1. The molecular weight excluding hydrogens is 444 g/mol. The van der Waals surface area contributed by atoms with Gasteiger partial charge in [-0.1, -0.05) is 18.6 Å². The molecule has 0 aliphatic carbocycles. The van der Waals surface area contributed by atoms with Gasteiger partial charge in [0.25, 0.3) is 5.91 Å². The molecule has 3 rings (SSSR count). The fourth-order valence-electron chi connectivity index (χ4n) is 3.18. The third-order valence-corrected chi connectivity index (χ3v) is 7.28. The number of carbonyl (C=O) groups excluding carboxylic acids is 2. The van der Waals surface area contributed by atoms with Gasteiger partial charge in [0.2, 0.25) is 10.0 Å². The zero-order valence-corrected chi connectivity index (χ0v) is 17.8. The van der Waals surface area contributed by atoms with Gasteiger partial charge in [-0.15, -0.1) is 0 Å². The lowest BCUT2D eigenvalue weighted by atomic mass is 10.1. The Balaban J connectivity index is 1.91.